The molecule has 1 aliphatic heterocycles. The maximum atomic E-state index is 12.6. The number of benzene rings is 1. The summed E-state index contributed by atoms with van der Waals surface area (Å²) in [5.74, 6) is -0.856. The van der Waals surface area contributed by atoms with Gasteiger partial charge in [-0.1, -0.05) is 23.7 Å². The zero-order valence-corrected chi connectivity index (χ0v) is 12.6. The van der Waals surface area contributed by atoms with Gasteiger partial charge in [-0.15, -0.1) is 0 Å². The van der Waals surface area contributed by atoms with E-state index in [1.165, 1.54) is 0 Å². The molecule has 5 heteroatoms. The number of rotatable bonds is 3. The highest BCUT2D eigenvalue weighted by Gasteiger charge is 2.53. The Morgan fingerprint density at radius 1 is 1.43 bits per heavy atom. The largest absolute Gasteiger partial charge is 0.480 e. The van der Waals surface area contributed by atoms with Gasteiger partial charge in [0.1, 0.15) is 5.54 Å². The Morgan fingerprint density at radius 2 is 2.19 bits per heavy atom. The predicted octanol–water partition coefficient (Wildman–Crippen LogP) is 2.91. The van der Waals surface area contributed by atoms with Crippen LogP contribution in [0.5, 0.6) is 0 Å². The van der Waals surface area contributed by atoms with E-state index in [9.17, 15) is 14.7 Å². The smallest absolute Gasteiger partial charge is 0.329 e. The number of likely N-dealkylation sites (tertiary alicyclic amines) is 1. The van der Waals surface area contributed by atoms with E-state index >= 15 is 0 Å². The molecule has 3 rings (SSSR count). The number of carbonyl (C=O) groups is 2. The first-order valence-electron chi connectivity index (χ1n) is 7.24. The third-order valence-corrected chi connectivity index (χ3v) is 4.99. The number of hydrogen-bond donors (Lipinski definition) is 1. The van der Waals surface area contributed by atoms with Crippen molar-refractivity contribution in [2.24, 2.45) is 5.92 Å². The Hall–Kier alpha value is -1.55. The zero-order valence-electron chi connectivity index (χ0n) is 11.9. The number of nitrogens with zero attached hydrogens (tertiary/aromatic N) is 1. The molecule has 1 aromatic carbocycles. The van der Waals surface area contributed by atoms with Crippen molar-refractivity contribution < 1.29 is 14.7 Å². The van der Waals surface area contributed by atoms with Crippen LogP contribution in [0.25, 0.3) is 0 Å². The first kappa shape index (κ1) is 14.4. The molecular formula is C16H18ClNO3. The summed E-state index contributed by atoms with van der Waals surface area (Å²) in [7, 11) is 0. The van der Waals surface area contributed by atoms with Gasteiger partial charge >= 0.3 is 5.97 Å². The van der Waals surface area contributed by atoms with Crippen molar-refractivity contribution >= 4 is 23.5 Å². The fraction of sp³-hybridized carbons (Fsp3) is 0.500. The van der Waals surface area contributed by atoms with Gasteiger partial charge in [-0.3, -0.25) is 4.79 Å². The predicted molar refractivity (Wildman–Crippen MR) is 79.3 cm³/mol. The number of hydrogen-bond acceptors (Lipinski definition) is 2. The van der Waals surface area contributed by atoms with Crippen LogP contribution in [0.1, 0.15) is 37.7 Å². The van der Waals surface area contributed by atoms with Crippen molar-refractivity contribution in [1.82, 2.24) is 4.90 Å². The van der Waals surface area contributed by atoms with Crippen LogP contribution in [-0.4, -0.2) is 34.0 Å². The minimum Gasteiger partial charge on any atom is -0.480 e. The molecule has 1 heterocycles. The molecule has 0 aromatic heterocycles. The normalized spacial score (nSPS) is 31.2. The second-order valence-electron chi connectivity index (χ2n) is 6.18. The SMILES string of the molecule is CC1(C(=O)O)CCCN1C(=O)C1CC1c1cccc(Cl)c1. The summed E-state index contributed by atoms with van der Waals surface area (Å²) in [5.41, 5.74) is 0.0236. The lowest BCUT2D eigenvalue weighted by atomic mass is 9.98. The lowest BCUT2D eigenvalue weighted by Crippen LogP contribution is -2.51. The van der Waals surface area contributed by atoms with E-state index in [1.807, 2.05) is 24.3 Å². The van der Waals surface area contributed by atoms with Crippen molar-refractivity contribution in [3.05, 3.63) is 34.9 Å². The first-order valence-corrected chi connectivity index (χ1v) is 7.61. The minimum absolute atomic E-state index is 0.0256. The van der Waals surface area contributed by atoms with Crippen molar-refractivity contribution in [3.63, 3.8) is 0 Å². The van der Waals surface area contributed by atoms with Crippen LogP contribution in [0.4, 0.5) is 0 Å². The molecule has 2 fully saturated rings. The van der Waals surface area contributed by atoms with E-state index in [4.69, 9.17) is 11.6 Å². The van der Waals surface area contributed by atoms with Crippen molar-refractivity contribution in [1.29, 1.82) is 0 Å². The first-order chi connectivity index (χ1) is 9.93. The van der Waals surface area contributed by atoms with Gasteiger partial charge in [0.25, 0.3) is 0 Å². The number of amides is 1. The molecule has 3 atom stereocenters. The Balaban J connectivity index is 1.75. The van der Waals surface area contributed by atoms with E-state index in [-0.39, 0.29) is 17.7 Å². The van der Waals surface area contributed by atoms with Crippen LogP contribution in [0.2, 0.25) is 5.02 Å². The summed E-state index contributed by atoms with van der Waals surface area (Å²) in [6.45, 7) is 2.19. The average molecular weight is 308 g/mol. The number of carboxylic acid groups (broad SMARTS) is 1. The Morgan fingerprint density at radius 3 is 2.86 bits per heavy atom. The molecule has 1 saturated carbocycles. The van der Waals surface area contributed by atoms with Crippen LogP contribution in [0.3, 0.4) is 0 Å². The maximum Gasteiger partial charge on any atom is 0.329 e. The Labute approximate surface area is 128 Å². The molecule has 1 saturated heterocycles. The second kappa shape index (κ2) is 5.02. The van der Waals surface area contributed by atoms with E-state index in [0.717, 1.165) is 18.4 Å². The maximum absolute atomic E-state index is 12.6. The van der Waals surface area contributed by atoms with Gasteiger partial charge in [0.05, 0.1) is 0 Å². The van der Waals surface area contributed by atoms with Gasteiger partial charge in [-0.25, -0.2) is 4.79 Å². The summed E-state index contributed by atoms with van der Waals surface area (Å²) in [6, 6.07) is 7.56. The molecule has 112 valence electrons. The summed E-state index contributed by atoms with van der Waals surface area (Å²) >= 11 is 5.98. The Bertz CT molecular complexity index is 603. The quantitative estimate of drug-likeness (QED) is 0.934. The van der Waals surface area contributed by atoms with Crippen LogP contribution >= 0.6 is 11.6 Å². The van der Waals surface area contributed by atoms with Gasteiger partial charge in [0, 0.05) is 17.5 Å². The average Bonchev–Trinajstić information content (AvgIpc) is 3.14. The summed E-state index contributed by atoms with van der Waals surface area (Å²) < 4.78 is 0. The molecular weight excluding hydrogens is 290 g/mol. The van der Waals surface area contributed by atoms with Gasteiger partial charge < -0.3 is 10.0 Å². The number of carboxylic acids is 1. The van der Waals surface area contributed by atoms with E-state index in [0.29, 0.717) is 18.0 Å². The van der Waals surface area contributed by atoms with Crippen LogP contribution < -0.4 is 0 Å². The fourth-order valence-corrected chi connectivity index (χ4v) is 3.51. The van der Waals surface area contributed by atoms with E-state index in [1.54, 1.807) is 11.8 Å². The molecule has 1 aromatic rings. The highest BCUT2D eigenvalue weighted by molar-refractivity contribution is 6.30. The highest BCUT2D eigenvalue weighted by atomic mass is 35.5. The topological polar surface area (TPSA) is 57.6 Å². The molecule has 1 amide bonds. The minimum atomic E-state index is -1.04. The second-order valence-corrected chi connectivity index (χ2v) is 6.61. The molecule has 1 N–H and O–H groups in total. The standard InChI is InChI=1S/C16H18ClNO3/c1-16(15(20)21)6-3-7-18(16)14(19)13-9-12(13)10-4-2-5-11(17)8-10/h2,4-5,8,12-13H,3,6-7,9H2,1H3,(H,20,21). The van der Waals surface area contributed by atoms with Crippen molar-refractivity contribution in [2.45, 2.75) is 37.6 Å². The van der Waals surface area contributed by atoms with Gasteiger partial charge in [-0.2, -0.15) is 0 Å². The molecule has 2 aliphatic rings. The number of carbonyl (C=O) groups excluding carboxylic acids is 1. The third kappa shape index (κ3) is 2.42. The molecule has 3 unspecified atom stereocenters. The van der Waals surface area contributed by atoms with Gasteiger partial charge in [0.2, 0.25) is 5.91 Å². The lowest BCUT2D eigenvalue weighted by Gasteiger charge is -2.31. The summed E-state index contributed by atoms with van der Waals surface area (Å²) in [4.78, 5) is 25.7. The monoisotopic (exact) mass is 307 g/mol. The van der Waals surface area contributed by atoms with E-state index in [2.05, 4.69) is 0 Å². The molecule has 0 bridgehead atoms. The third-order valence-electron chi connectivity index (χ3n) is 4.75. The van der Waals surface area contributed by atoms with Gasteiger partial charge in [-0.05, 0) is 49.8 Å². The van der Waals surface area contributed by atoms with Crippen LogP contribution in [0, 0.1) is 5.92 Å². The molecule has 0 radical (unpaired) electrons. The Kier molecular flexibility index (Phi) is 3.44. The molecule has 21 heavy (non-hydrogen) atoms. The number of halogens is 1. The highest BCUT2D eigenvalue weighted by Crippen LogP contribution is 2.50. The van der Waals surface area contributed by atoms with Crippen molar-refractivity contribution in [2.75, 3.05) is 6.54 Å². The zero-order chi connectivity index (χ0) is 15.2. The van der Waals surface area contributed by atoms with Crippen LogP contribution in [0.15, 0.2) is 24.3 Å². The summed E-state index contributed by atoms with van der Waals surface area (Å²) in [6.07, 6.45) is 2.07. The number of aliphatic carboxylic acids is 1. The molecule has 0 spiro atoms. The van der Waals surface area contributed by atoms with Gasteiger partial charge in [0.15, 0.2) is 0 Å². The van der Waals surface area contributed by atoms with Crippen LogP contribution in [-0.2, 0) is 9.59 Å². The van der Waals surface area contributed by atoms with Crippen molar-refractivity contribution in [3.8, 4) is 0 Å². The lowest BCUT2D eigenvalue weighted by molar-refractivity contribution is -0.155. The summed E-state index contributed by atoms with van der Waals surface area (Å²) in [5, 5.41) is 10.1. The fourth-order valence-electron chi connectivity index (χ4n) is 3.31. The van der Waals surface area contributed by atoms with E-state index < -0.39 is 11.5 Å². The molecule has 1 aliphatic carbocycles. The molecule has 4 nitrogen and oxygen atoms in total.